The van der Waals surface area contributed by atoms with Gasteiger partial charge in [0, 0.05) is 29.1 Å². The molecule has 2 heterocycles. The summed E-state index contributed by atoms with van der Waals surface area (Å²) in [6.45, 7) is 0.440. The number of para-hydroxylation sites is 1. The third-order valence-corrected chi connectivity index (χ3v) is 7.65. The molecule has 1 saturated heterocycles. The highest BCUT2D eigenvalue weighted by Gasteiger charge is 2.48. The van der Waals surface area contributed by atoms with Gasteiger partial charge in [-0.1, -0.05) is 35.9 Å². The Morgan fingerprint density at radius 1 is 1.22 bits per heavy atom. The molecule has 2 unspecified atom stereocenters. The van der Waals surface area contributed by atoms with E-state index >= 15 is 0 Å². The highest BCUT2D eigenvalue weighted by Crippen LogP contribution is 2.38. The number of nitrogens with zero attached hydrogens (tertiary/aromatic N) is 1. The summed E-state index contributed by atoms with van der Waals surface area (Å²) >= 11 is 5.99. The monoisotopic (exact) mass is 508 g/mol. The molecule has 188 valence electrons. The van der Waals surface area contributed by atoms with E-state index in [4.69, 9.17) is 22.1 Å². The lowest BCUT2D eigenvalue weighted by atomic mass is 9.78. The molecule has 8 nitrogen and oxygen atoms in total. The SMILES string of the molecule is COc1cccc2c3c([nH]c12)CCC(NC(=O)Cc1ccc(Cl)cc1)(C(=O)N1CCCC1C(N)=O)C3. The molecule has 1 aliphatic heterocycles. The number of carbonyl (C=O) groups excluding carboxylic acids is 3. The number of halogens is 1. The van der Waals surface area contributed by atoms with Crippen molar-refractivity contribution in [3.05, 3.63) is 64.3 Å². The van der Waals surface area contributed by atoms with Crippen LogP contribution in [0.3, 0.4) is 0 Å². The number of nitrogens with one attached hydrogen (secondary N) is 2. The number of likely N-dealkylation sites (tertiary alicyclic amines) is 1. The second-order valence-electron chi connectivity index (χ2n) is 9.63. The average molecular weight is 509 g/mol. The summed E-state index contributed by atoms with van der Waals surface area (Å²) in [7, 11) is 1.62. The van der Waals surface area contributed by atoms with Crippen LogP contribution in [0.5, 0.6) is 5.75 Å². The molecule has 0 saturated carbocycles. The van der Waals surface area contributed by atoms with Crippen molar-refractivity contribution < 1.29 is 19.1 Å². The van der Waals surface area contributed by atoms with E-state index in [0.717, 1.165) is 33.5 Å². The summed E-state index contributed by atoms with van der Waals surface area (Å²) in [4.78, 5) is 44.5. The average Bonchev–Trinajstić information content (AvgIpc) is 3.50. The minimum absolute atomic E-state index is 0.111. The van der Waals surface area contributed by atoms with Gasteiger partial charge >= 0.3 is 0 Å². The zero-order valence-electron chi connectivity index (χ0n) is 20.1. The van der Waals surface area contributed by atoms with E-state index < -0.39 is 17.5 Å². The molecular weight excluding hydrogens is 480 g/mol. The maximum atomic E-state index is 14.1. The Balaban J connectivity index is 1.51. The van der Waals surface area contributed by atoms with Crippen LogP contribution in [-0.4, -0.2) is 52.8 Å². The summed E-state index contributed by atoms with van der Waals surface area (Å²) in [5.74, 6) is -0.312. The molecule has 3 aromatic rings. The standard InChI is InChI=1S/C27H29ClN4O4/c1-36-22-6-2-4-18-19-15-27(12-11-20(19)30-24(18)22,26(35)32-13-3-5-21(32)25(29)34)31-23(33)14-16-7-9-17(28)10-8-16/h2,4,6-10,21,30H,3,5,11-15H2,1H3,(H2,29,34)(H,31,33). The van der Waals surface area contributed by atoms with Crippen molar-refractivity contribution in [2.75, 3.05) is 13.7 Å². The minimum Gasteiger partial charge on any atom is -0.495 e. The highest BCUT2D eigenvalue weighted by molar-refractivity contribution is 6.30. The van der Waals surface area contributed by atoms with E-state index in [-0.39, 0.29) is 18.2 Å². The number of carbonyl (C=O) groups is 3. The van der Waals surface area contributed by atoms with Crippen LogP contribution in [-0.2, 0) is 33.6 Å². The molecule has 9 heteroatoms. The number of aryl methyl sites for hydroxylation is 1. The van der Waals surface area contributed by atoms with E-state index in [1.54, 1.807) is 36.3 Å². The van der Waals surface area contributed by atoms with Crippen molar-refractivity contribution in [3.8, 4) is 5.75 Å². The van der Waals surface area contributed by atoms with Gasteiger partial charge in [0.1, 0.15) is 17.3 Å². The summed E-state index contributed by atoms with van der Waals surface area (Å²) in [5, 5.41) is 4.64. The molecule has 1 aromatic heterocycles. The molecule has 2 atom stereocenters. The molecule has 5 rings (SSSR count). The zero-order valence-corrected chi connectivity index (χ0v) is 20.9. The number of hydrogen-bond donors (Lipinski definition) is 3. The van der Waals surface area contributed by atoms with Crippen LogP contribution in [0.25, 0.3) is 10.9 Å². The number of rotatable bonds is 6. The third kappa shape index (κ3) is 4.30. The van der Waals surface area contributed by atoms with Gasteiger partial charge in [-0.25, -0.2) is 0 Å². The van der Waals surface area contributed by atoms with Crippen LogP contribution in [0.1, 0.15) is 36.1 Å². The lowest BCUT2D eigenvalue weighted by molar-refractivity contribution is -0.145. The Kier molecular flexibility index (Phi) is 6.38. The number of ether oxygens (including phenoxy) is 1. The number of methoxy groups -OCH3 is 1. The molecule has 0 spiro atoms. The summed E-state index contributed by atoms with van der Waals surface area (Å²) in [5.41, 5.74) is 8.11. The smallest absolute Gasteiger partial charge is 0.249 e. The number of amides is 3. The maximum Gasteiger partial charge on any atom is 0.249 e. The Labute approximate surface area is 214 Å². The first-order chi connectivity index (χ1) is 17.3. The molecule has 0 bridgehead atoms. The van der Waals surface area contributed by atoms with Gasteiger partial charge in [-0.3, -0.25) is 14.4 Å². The lowest BCUT2D eigenvalue weighted by Crippen LogP contribution is -2.64. The van der Waals surface area contributed by atoms with Gasteiger partial charge in [0.15, 0.2) is 0 Å². The van der Waals surface area contributed by atoms with Crippen molar-refractivity contribution in [1.29, 1.82) is 0 Å². The van der Waals surface area contributed by atoms with Gasteiger partial charge < -0.3 is 25.7 Å². The summed E-state index contributed by atoms with van der Waals surface area (Å²) < 4.78 is 5.53. The summed E-state index contributed by atoms with van der Waals surface area (Å²) in [6.07, 6.45) is 2.62. The van der Waals surface area contributed by atoms with Gasteiger partial charge in [0.2, 0.25) is 17.7 Å². The molecule has 0 radical (unpaired) electrons. The van der Waals surface area contributed by atoms with Crippen molar-refractivity contribution >= 4 is 40.2 Å². The summed E-state index contributed by atoms with van der Waals surface area (Å²) in [6, 6.07) is 12.2. The lowest BCUT2D eigenvalue weighted by Gasteiger charge is -2.40. The van der Waals surface area contributed by atoms with Crippen LogP contribution in [0, 0.1) is 0 Å². The number of primary amides is 1. The van der Waals surface area contributed by atoms with E-state index in [2.05, 4.69) is 10.3 Å². The molecule has 2 aromatic carbocycles. The first-order valence-electron chi connectivity index (χ1n) is 12.1. The highest BCUT2D eigenvalue weighted by atomic mass is 35.5. The van der Waals surface area contributed by atoms with Gasteiger partial charge in [0.05, 0.1) is 19.0 Å². The molecule has 1 fully saturated rings. The largest absolute Gasteiger partial charge is 0.495 e. The predicted octanol–water partition coefficient (Wildman–Crippen LogP) is 2.89. The Morgan fingerprint density at radius 3 is 2.72 bits per heavy atom. The topological polar surface area (TPSA) is 118 Å². The van der Waals surface area contributed by atoms with Crippen LogP contribution in [0.4, 0.5) is 0 Å². The van der Waals surface area contributed by atoms with Crippen LogP contribution >= 0.6 is 11.6 Å². The first-order valence-corrected chi connectivity index (χ1v) is 12.5. The predicted molar refractivity (Wildman–Crippen MR) is 137 cm³/mol. The van der Waals surface area contributed by atoms with Crippen molar-refractivity contribution in [2.45, 2.75) is 50.1 Å². The van der Waals surface area contributed by atoms with E-state index in [1.807, 2.05) is 18.2 Å². The number of H-pyrrole nitrogens is 1. The zero-order chi connectivity index (χ0) is 25.4. The number of aromatic amines is 1. The van der Waals surface area contributed by atoms with E-state index in [9.17, 15) is 14.4 Å². The Hall–Kier alpha value is -3.52. The van der Waals surface area contributed by atoms with Crippen LogP contribution < -0.4 is 15.8 Å². The normalized spacial score (nSPS) is 21.3. The fourth-order valence-corrected chi connectivity index (χ4v) is 5.76. The third-order valence-electron chi connectivity index (χ3n) is 7.40. The number of nitrogens with two attached hydrogens (primary N) is 1. The number of benzene rings is 2. The molecule has 2 aliphatic rings. The van der Waals surface area contributed by atoms with Gasteiger partial charge in [-0.05, 0) is 55.0 Å². The van der Waals surface area contributed by atoms with Gasteiger partial charge in [0.25, 0.3) is 0 Å². The van der Waals surface area contributed by atoms with Gasteiger partial charge in [-0.2, -0.15) is 0 Å². The molecule has 4 N–H and O–H groups in total. The van der Waals surface area contributed by atoms with E-state index in [1.165, 1.54) is 0 Å². The Bertz CT molecular complexity index is 1340. The number of fused-ring (bicyclic) bond motifs is 3. The molecule has 3 amide bonds. The molecular formula is C27H29ClN4O4. The van der Waals surface area contributed by atoms with Crippen LogP contribution in [0.15, 0.2) is 42.5 Å². The fraction of sp³-hybridized carbons (Fsp3) is 0.370. The fourth-order valence-electron chi connectivity index (χ4n) is 5.64. The minimum atomic E-state index is -1.19. The molecule has 1 aliphatic carbocycles. The van der Waals surface area contributed by atoms with Crippen molar-refractivity contribution in [3.63, 3.8) is 0 Å². The van der Waals surface area contributed by atoms with Crippen LogP contribution in [0.2, 0.25) is 5.02 Å². The molecule has 36 heavy (non-hydrogen) atoms. The second-order valence-corrected chi connectivity index (χ2v) is 10.1. The van der Waals surface area contributed by atoms with Crippen molar-refractivity contribution in [2.24, 2.45) is 5.73 Å². The second kappa shape index (κ2) is 9.50. The first kappa shape index (κ1) is 24.2. The quantitative estimate of drug-likeness (QED) is 0.474. The Morgan fingerprint density at radius 2 is 2.00 bits per heavy atom. The van der Waals surface area contributed by atoms with Crippen molar-refractivity contribution in [1.82, 2.24) is 15.2 Å². The van der Waals surface area contributed by atoms with E-state index in [0.29, 0.717) is 43.7 Å². The number of aromatic nitrogens is 1. The van der Waals surface area contributed by atoms with Gasteiger partial charge in [-0.15, -0.1) is 0 Å². The number of hydrogen-bond acceptors (Lipinski definition) is 4. The maximum absolute atomic E-state index is 14.1.